The fourth-order valence-electron chi connectivity index (χ4n) is 3.47. The molecule has 1 aliphatic heterocycles. The van der Waals surface area contributed by atoms with Crippen molar-refractivity contribution in [3.05, 3.63) is 81.2 Å². The number of rotatable bonds is 5. The number of aromatic nitrogens is 2. The number of nitrogens with zero attached hydrogens (tertiary/aromatic N) is 3. The Morgan fingerprint density at radius 3 is 2.57 bits per heavy atom. The lowest BCUT2D eigenvalue weighted by atomic mass is 9.83. The first-order valence-corrected chi connectivity index (χ1v) is 9.17. The van der Waals surface area contributed by atoms with Gasteiger partial charge in [-0.3, -0.25) is 15.2 Å². The molecule has 2 aromatic carbocycles. The van der Waals surface area contributed by atoms with Crippen LogP contribution in [0.5, 0.6) is 11.6 Å². The lowest BCUT2D eigenvalue weighted by molar-refractivity contribution is -0.384. The summed E-state index contributed by atoms with van der Waals surface area (Å²) in [6, 6.07) is 15.6. The summed E-state index contributed by atoms with van der Waals surface area (Å²) in [5, 5.41) is 27.8. The first-order valence-electron chi connectivity index (χ1n) is 9.17. The van der Waals surface area contributed by atoms with Gasteiger partial charge in [0.15, 0.2) is 0 Å². The standard InChI is InChI=1S/C21H17N5O4/c1-2-29-15-9-5-12(6-10-15)17-16(11-22)20(23)30-21-18(17)19(24-25-21)13-3-7-14(8-4-13)26(27)28/h3-10,17H,2,23H2,1H3,(H,24,25)/t17-/m1/s1. The molecule has 0 bridgehead atoms. The summed E-state index contributed by atoms with van der Waals surface area (Å²) in [6.07, 6.45) is 0. The summed E-state index contributed by atoms with van der Waals surface area (Å²) in [5.41, 5.74) is 8.95. The first kappa shape index (κ1) is 19.0. The third kappa shape index (κ3) is 3.20. The van der Waals surface area contributed by atoms with Gasteiger partial charge in [-0.05, 0) is 36.8 Å². The summed E-state index contributed by atoms with van der Waals surface area (Å²) in [4.78, 5) is 10.5. The van der Waals surface area contributed by atoms with Gasteiger partial charge in [-0.15, -0.1) is 5.10 Å². The predicted molar refractivity (Wildman–Crippen MR) is 108 cm³/mol. The highest BCUT2D eigenvalue weighted by Gasteiger charge is 2.35. The Kier molecular flexibility index (Phi) is 4.82. The second kappa shape index (κ2) is 7.60. The van der Waals surface area contributed by atoms with Gasteiger partial charge in [0.25, 0.3) is 5.69 Å². The Balaban J connectivity index is 1.84. The molecule has 1 atom stereocenters. The molecule has 30 heavy (non-hydrogen) atoms. The Morgan fingerprint density at radius 2 is 1.97 bits per heavy atom. The van der Waals surface area contributed by atoms with Crippen molar-refractivity contribution in [3.63, 3.8) is 0 Å². The largest absolute Gasteiger partial charge is 0.494 e. The van der Waals surface area contributed by atoms with Crippen LogP contribution in [0.25, 0.3) is 11.3 Å². The van der Waals surface area contributed by atoms with Crippen LogP contribution in [0, 0.1) is 21.4 Å². The van der Waals surface area contributed by atoms with Crippen LogP contribution in [0.1, 0.15) is 24.0 Å². The van der Waals surface area contributed by atoms with Crippen LogP contribution in [-0.2, 0) is 0 Å². The summed E-state index contributed by atoms with van der Waals surface area (Å²) >= 11 is 0. The minimum atomic E-state index is -0.515. The second-order valence-corrected chi connectivity index (χ2v) is 6.55. The molecule has 2 heterocycles. The molecule has 0 radical (unpaired) electrons. The number of benzene rings is 2. The van der Waals surface area contributed by atoms with Crippen LogP contribution in [0.2, 0.25) is 0 Å². The van der Waals surface area contributed by atoms with Crippen molar-refractivity contribution in [3.8, 4) is 29.0 Å². The molecule has 9 nitrogen and oxygen atoms in total. The molecule has 0 unspecified atom stereocenters. The number of nitriles is 1. The molecular formula is C21H17N5O4. The monoisotopic (exact) mass is 403 g/mol. The fraction of sp³-hybridized carbons (Fsp3) is 0.143. The number of aromatic amines is 1. The van der Waals surface area contributed by atoms with Crippen LogP contribution in [0.15, 0.2) is 60.0 Å². The normalized spacial score (nSPS) is 15.1. The highest BCUT2D eigenvalue weighted by molar-refractivity contribution is 5.71. The van der Waals surface area contributed by atoms with E-state index in [-0.39, 0.29) is 23.0 Å². The predicted octanol–water partition coefficient (Wildman–Crippen LogP) is 3.60. The van der Waals surface area contributed by atoms with Crippen LogP contribution in [-0.4, -0.2) is 21.7 Å². The van der Waals surface area contributed by atoms with Gasteiger partial charge in [0.05, 0.1) is 28.7 Å². The summed E-state index contributed by atoms with van der Waals surface area (Å²) in [5.74, 6) is 0.453. The van der Waals surface area contributed by atoms with Gasteiger partial charge >= 0.3 is 0 Å². The van der Waals surface area contributed by atoms with E-state index in [0.29, 0.717) is 29.2 Å². The highest BCUT2D eigenvalue weighted by Crippen LogP contribution is 2.45. The number of non-ortho nitro benzene ring substituents is 1. The molecule has 1 aromatic heterocycles. The molecule has 150 valence electrons. The van der Waals surface area contributed by atoms with Gasteiger partial charge in [0, 0.05) is 17.7 Å². The van der Waals surface area contributed by atoms with Crippen LogP contribution in [0.3, 0.4) is 0 Å². The van der Waals surface area contributed by atoms with E-state index in [4.69, 9.17) is 15.2 Å². The van der Waals surface area contributed by atoms with Crippen molar-refractivity contribution >= 4 is 5.69 Å². The maximum absolute atomic E-state index is 11.0. The van der Waals surface area contributed by atoms with Gasteiger partial charge in [0.1, 0.15) is 17.4 Å². The third-order valence-corrected chi connectivity index (χ3v) is 4.83. The smallest absolute Gasteiger partial charge is 0.269 e. The number of nitrogens with one attached hydrogen (secondary N) is 1. The average Bonchev–Trinajstić information content (AvgIpc) is 3.17. The van der Waals surface area contributed by atoms with Crippen molar-refractivity contribution in [2.45, 2.75) is 12.8 Å². The lowest BCUT2D eigenvalue weighted by Gasteiger charge is -2.24. The second-order valence-electron chi connectivity index (χ2n) is 6.55. The lowest BCUT2D eigenvalue weighted by Crippen LogP contribution is -2.21. The number of H-pyrrole nitrogens is 1. The molecule has 0 saturated heterocycles. The first-order chi connectivity index (χ1) is 14.5. The van der Waals surface area contributed by atoms with Crippen LogP contribution in [0.4, 0.5) is 5.69 Å². The quantitative estimate of drug-likeness (QED) is 0.490. The van der Waals surface area contributed by atoms with E-state index in [2.05, 4.69) is 16.3 Å². The van der Waals surface area contributed by atoms with Crippen molar-refractivity contribution in [1.82, 2.24) is 10.2 Å². The number of nitrogens with two attached hydrogens (primary N) is 1. The Morgan fingerprint density at radius 1 is 1.27 bits per heavy atom. The number of nitro benzene ring substituents is 1. The van der Waals surface area contributed by atoms with Crippen molar-refractivity contribution in [1.29, 1.82) is 5.26 Å². The molecule has 3 N–H and O–H groups in total. The number of nitro groups is 1. The number of hydrogen-bond donors (Lipinski definition) is 2. The zero-order valence-electron chi connectivity index (χ0n) is 16.0. The third-order valence-electron chi connectivity index (χ3n) is 4.83. The summed E-state index contributed by atoms with van der Waals surface area (Å²) in [6.45, 7) is 2.45. The van der Waals surface area contributed by atoms with Crippen molar-refractivity contribution < 1.29 is 14.4 Å². The molecule has 0 fully saturated rings. The van der Waals surface area contributed by atoms with Gasteiger partial charge in [-0.2, -0.15) is 5.26 Å². The minimum absolute atomic E-state index is 0.00867. The highest BCUT2D eigenvalue weighted by atomic mass is 16.6. The van der Waals surface area contributed by atoms with Crippen LogP contribution >= 0.6 is 0 Å². The van der Waals surface area contributed by atoms with Crippen LogP contribution < -0.4 is 15.2 Å². The zero-order valence-corrected chi connectivity index (χ0v) is 16.0. The maximum Gasteiger partial charge on any atom is 0.269 e. The SMILES string of the molecule is CCOc1ccc([C@@H]2C(C#N)=C(N)Oc3n[nH]c(-c4ccc([N+](=O)[O-])cc4)c32)cc1. The van der Waals surface area contributed by atoms with E-state index in [9.17, 15) is 15.4 Å². The molecule has 0 amide bonds. The Hall–Kier alpha value is -4.32. The van der Waals surface area contributed by atoms with E-state index in [1.54, 1.807) is 12.1 Å². The van der Waals surface area contributed by atoms with Gasteiger partial charge in [-0.25, -0.2) is 0 Å². The molecule has 9 heteroatoms. The molecule has 4 rings (SSSR count). The number of ether oxygens (including phenoxy) is 2. The minimum Gasteiger partial charge on any atom is -0.494 e. The molecule has 1 aliphatic rings. The van der Waals surface area contributed by atoms with E-state index in [1.165, 1.54) is 12.1 Å². The summed E-state index contributed by atoms with van der Waals surface area (Å²) in [7, 11) is 0. The molecule has 0 spiro atoms. The summed E-state index contributed by atoms with van der Waals surface area (Å²) < 4.78 is 11.1. The van der Waals surface area contributed by atoms with E-state index in [0.717, 1.165) is 5.56 Å². The van der Waals surface area contributed by atoms with Gasteiger partial charge in [0.2, 0.25) is 11.8 Å². The van der Waals surface area contributed by atoms with E-state index >= 15 is 0 Å². The van der Waals surface area contributed by atoms with Gasteiger partial charge < -0.3 is 15.2 Å². The zero-order chi connectivity index (χ0) is 21.3. The number of hydrogen-bond acceptors (Lipinski definition) is 7. The van der Waals surface area contributed by atoms with E-state index in [1.807, 2.05) is 31.2 Å². The maximum atomic E-state index is 11.0. The Bertz CT molecular complexity index is 1170. The van der Waals surface area contributed by atoms with E-state index < -0.39 is 10.8 Å². The molecule has 0 aliphatic carbocycles. The molecule has 0 saturated carbocycles. The topological polar surface area (TPSA) is 140 Å². The number of fused-ring (bicyclic) bond motifs is 1. The molecular weight excluding hydrogens is 386 g/mol. The van der Waals surface area contributed by atoms with Crippen molar-refractivity contribution in [2.75, 3.05) is 6.61 Å². The van der Waals surface area contributed by atoms with Crippen molar-refractivity contribution in [2.24, 2.45) is 5.73 Å². The average molecular weight is 403 g/mol. The fourth-order valence-corrected chi connectivity index (χ4v) is 3.47. The molecule has 3 aromatic rings. The number of allylic oxidation sites excluding steroid dienone is 1. The van der Waals surface area contributed by atoms with Gasteiger partial charge in [-0.1, -0.05) is 12.1 Å². The Labute approximate surface area is 171 Å².